The van der Waals surface area contributed by atoms with Gasteiger partial charge in [0.2, 0.25) is 0 Å². The number of urea groups is 1. The topological polar surface area (TPSA) is 36.4 Å². The summed E-state index contributed by atoms with van der Waals surface area (Å²) in [5.74, 6) is 0. The lowest BCUT2D eigenvalue weighted by atomic mass is 10.2. The first-order chi connectivity index (χ1) is 9.16. The van der Waals surface area contributed by atoms with Gasteiger partial charge in [-0.3, -0.25) is 14.8 Å². The smallest absolute Gasteiger partial charge is 0.290 e. The van der Waals surface area contributed by atoms with Crippen LogP contribution in [-0.2, 0) is 0 Å². The van der Waals surface area contributed by atoms with E-state index in [0.717, 1.165) is 22.8 Å². The molecule has 3 heterocycles. The summed E-state index contributed by atoms with van der Waals surface area (Å²) in [7, 11) is 0. The van der Waals surface area contributed by atoms with Gasteiger partial charge in [-0.2, -0.15) is 0 Å². The fraction of sp³-hybridized carbons (Fsp3) is 0.286. The maximum Gasteiger partial charge on any atom is 0.329 e. The molecule has 0 saturated carbocycles. The molecule has 0 spiro atoms. The molecule has 0 aliphatic carbocycles. The number of thiophene rings is 1. The molecule has 0 radical (unpaired) electrons. The van der Waals surface area contributed by atoms with Crippen molar-refractivity contribution in [2.75, 3.05) is 22.9 Å². The van der Waals surface area contributed by atoms with E-state index < -0.39 is 0 Å². The van der Waals surface area contributed by atoms with Gasteiger partial charge < -0.3 is 0 Å². The largest absolute Gasteiger partial charge is 0.329 e. The molecule has 1 aliphatic rings. The summed E-state index contributed by atoms with van der Waals surface area (Å²) in [5.41, 5.74) is 1.98. The molecule has 2 amide bonds. The summed E-state index contributed by atoms with van der Waals surface area (Å²) in [6.07, 6.45) is 3.51. The Bertz CT molecular complexity index is 623. The van der Waals surface area contributed by atoms with Crippen LogP contribution < -0.4 is 9.80 Å². The summed E-state index contributed by atoms with van der Waals surface area (Å²) in [6, 6.07) is 6.03. The number of anilines is 2. The molecular weight excluding hydrogens is 258 g/mol. The summed E-state index contributed by atoms with van der Waals surface area (Å²) in [5, 5.41) is 1.02. The SMILES string of the molecule is Cc1ccc(N2CCN(c3cnccc3C)C2=O)s1. The maximum atomic E-state index is 12.5. The van der Waals surface area contributed by atoms with Gasteiger partial charge >= 0.3 is 6.03 Å². The first-order valence-electron chi connectivity index (χ1n) is 6.23. The van der Waals surface area contributed by atoms with Gasteiger partial charge in [-0.05, 0) is 37.6 Å². The third-order valence-corrected chi connectivity index (χ3v) is 4.33. The molecule has 0 N–H and O–H groups in total. The number of carbonyl (C=O) groups excluding carboxylic acids is 1. The van der Waals surface area contributed by atoms with Crippen molar-refractivity contribution in [3.05, 3.63) is 41.0 Å². The van der Waals surface area contributed by atoms with Gasteiger partial charge in [0.1, 0.15) is 0 Å². The number of aryl methyl sites for hydroxylation is 2. The van der Waals surface area contributed by atoms with Crippen molar-refractivity contribution in [1.82, 2.24) is 4.98 Å². The van der Waals surface area contributed by atoms with E-state index in [0.29, 0.717) is 6.54 Å². The van der Waals surface area contributed by atoms with E-state index in [1.54, 1.807) is 28.6 Å². The Morgan fingerprint density at radius 3 is 2.63 bits per heavy atom. The fourth-order valence-corrected chi connectivity index (χ4v) is 3.15. The summed E-state index contributed by atoms with van der Waals surface area (Å²) in [6.45, 7) is 5.50. The van der Waals surface area contributed by atoms with Crippen molar-refractivity contribution in [3.8, 4) is 0 Å². The highest BCUT2D eigenvalue weighted by atomic mass is 32.1. The van der Waals surface area contributed by atoms with Gasteiger partial charge in [-0.15, -0.1) is 11.3 Å². The zero-order chi connectivity index (χ0) is 13.4. The molecule has 0 atom stereocenters. The highest BCUT2D eigenvalue weighted by Gasteiger charge is 2.32. The molecule has 1 aliphatic heterocycles. The van der Waals surface area contributed by atoms with E-state index in [1.165, 1.54) is 4.88 Å². The van der Waals surface area contributed by atoms with E-state index in [-0.39, 0.29) is 6.03 Å². The lowest BCUT2D eigenvalue weighted by Crippen LogP contribution is -2.31. The Balaban J connectivity index is 1.89. The third kappa shape index (κ3) is 2.10. The molecule has 0 unspecified atom stereocenters. The van der Waals surface area contributed by atoms with E-state index >= 15 is 0 Å². The first-order valence-corrected chi connectivity index (χ1v) is 7.04. The van der Waals surface area contributed by atoms with Crippen LogP contribution in [0.3, 0.4) is 0 Å². The monoisotopic (exact) mass is 273 g/mol. The number of nitrogens with zero attached hydrogens (tertiary/aromatic N) is 3. The van der Waals surface area contributed by atoms with Gasteiger partial charge in [0, 0.05) is 24.2 Å². The number of hydrogen-bond donors (Lipinski definition) is 0. The molecule has 19 heavy (non-hydrogen) atoms. The maximum absolute atomic E-state index is 12.5. The van der Waals surface area contributed by atoms with Gasteiger partial charge in [0.25, 0.3) is 0 Å². The van der Waals surface area contributed by atoms with Gasteiger partial charge in [0.05, 0.1) is 16.9 Å². The van der Waals surface area contributed by atoms with Crippen molar-refractivity contribution in [3.63, 3.8) is 0 Å². The molecule has 5 heteroatoms. The molecule has 3 rings (SSSR count). The molecule has 1 saturated heterocycles. The Hall–Kier alpha value is -1.88. The minimum absolute atomic E-state index is 0.0398. The lowest BCUT2D eigenvalue weighted by Gasteiger charge is -2.18. The van der Waals surface area contributed by atoms with Crippen molar-refractivity contribution < 1.29 is 4.79 Å². The van der Waals surface area contributed by atoms with Crippen LogP contribution in [0.15, 0.2) is 30.6 Å². The Kier molecular flexibility index (Phi) is 2.98. The summed E-state index contributed by atoms with van der Waals surface area (Å²) >= 11 is 1.65. The Morgan fingerprint density at radius 1 is 1.16 bits per heavy atom. The summed E-state index contributed by atoms with van der Waals surface area (Å²) in [4.78, 5) is 21.5. The first kappa shape index (κ1) is 12.2. The molecule has 0 bridgehead atoms. The molecule has 2 aromatic rings. The molecule has 1 fully saturated rings. The van der Waals surface area contributed by atoms with Gasteiger partial charge in [-0.1, -0.05) is 0 Å². The van der Waals surface area contributed by atoms with Gasteiger partial charge in [0.15, 0.2) is 0 Å². The number of aromatic nitrogens is 1. The molecule has 4 nitrogen and oxygen atoms in total. The minimum Gasteiger partial charge on any atom is -0.290 e. The standard InChI is InChI=1S/C14H15N3OS/c1-10-5-6-15-9-12(10)16-7-8-17(14(16)18)13-4-3-11(2)19-13/h3-6,9H,7-8H2,1-2H3. The van der Waals surface area contributed by atoms with Crippen LogP contribution in [0.25, 0.3) is 0 Å². The highest BCUT2D eigenvalue weighted by molar-refractivity contribution is 7.16. The van der Waals surface area contributed by atoms with Crippen molar-refractivity contribution in [2.45, 2.75) is 13.8 Å². The van der Waals surface area contributed by atoms with Gasteiger partial charge in [-0.25, -0.2) is 4.79 Å². The highest BCUT2D eigenvalue weighted by Crippen LogP contribution is 2.31. The van der Waals surface area contributed by atoms with E-state index in [9.17, 15) is 4.79 Å². The normalized spacial score (nSPS) is 15.4. The number of amides is 2. The van der Waals surface area contributed by atoms with E-state index in [2.05, 4.69) is 11.9 Å². The van der Waals surface area contributed by atoms with Crippen LogP contribution in [-0.4, -0.2) is 24.1 Å². The lowest BCUT2D eigenvalue weighted by molar-refractivity contribution is 0.256. The zero-order valence-electron chi connectivity index (χ0n) is 11.0. The molecule has 98 valence electrons. The van der Waals surface area contributed by atoms with Crippen LogP contribution in [0.2, 0.25) is 0 Å². The second kappa shape index (κ2) is 4.66. The fourth-order valence-electron chi connectivity index (χ4n) is 2.27. The summed E-state index contributed by atoms with van der Waals surface area (Å²) < 4.78 is 0. The third-order valence-electron chi connectivity index (χ3n) is 3.30. The Labute approximate surface area is 116 Å². The second-order valence-electron chi connectivity index (χ2n) is 4.63. The number of hydrogen-bond acceptors (Lipinski definition) is 3. The van der Waals surface area contributed by atoms with Crippen LogP contribution in [0, 0.1) is 13.8 Å². The van der Waals surface area contributed by atoms with Crippen LogP contribution in [0.4, 0.5) is 15.5 Å². The molecular formula is C14H15N3OS. The van der Waals surface area contributed by atoms with Crippen LogP contribution in [0.5, 0.6) is 0 Å². The average Bonchev–Trinajstić information content (AvgIpc) is 2.97. The van der Waals surface area contributed by atoms with Crippen molar-refractivity contribution in [1.29, 1.82) is 0 Å². The molecule has 2 aromatic heterocycles. The van der Waals surface area contributed by atoms with Crippen molar-refractivity contribution >= 4 is 28.1 Å². The number of rotatable bonds is 2. The zero-order valence-corrected chi connectivity index (χ0v) is 11.8. The quantitative estimate of drug-likeness (QED) is 0.842. The molecule has 0 aromatic carbocycles. The van der Waals surface area contributed by atoms with Crippen molar-refractivity contribution in [2.24, 2.45) is 0 Å². The second-order valence-corrected chi connectivity index (χ2v) is 5.90. The minimum atomic E-state index is 0.0398. The van der Waals surface area contributed by atoms with Crippen LogP contribution in [0.1, 0.15) is 10.4 Å². The Morgan fingerprint density at radius 2 is 1.95 bits per heavy atom. The predicted octanol–water partition coefficient (Wildman–Crippen LogP) is 3.21. The number of pyridine rings is 1. The predicted molar refractivity (Wildman–Crippen MR) is 78.1 cm³/mol. The van der Waals surface area contributed by atoms with Crippen LogP contribution >= 0.6 is 11.3 Å². The average molecular weight is 273 g/mol. The van der Waals surface area contributed by atoms with E-state index in [1.807, 2.05) is 30.0 Å². The number of carbonyl (C=O) groups is 1. The van der Waals surface area contributed by atoms with E-state index in [4.69, 9.17) is 0 Å².